The summed E-state index contributed by atoms with van der Waals surface area (Å²) in [7, 11) is 0. The predicted molar refractivity (Wildman–Crippen MR) is 122 cm³/mol. The summed E-state index contributed by atoms with van der Waals surface area (Å²) in [5.41, 5.74) is 1.10. The van der Waals surface area contributed by atoms with Crippen LogP contribution in [0.5, 0.6) is 5.75 Å². The Bertz CT molecular complexity index is 687. The number of ether oxygens (including phenoxy) is 1. The molecule has 0 aliphatic rings. The molecule has 0 aliphatic carbocycles. The monoisotopic (exact) mass is 485 g/mol. The zero-order valence-corrected chi connectivity index (χ0v) is 18.9. The number of rotatable bonds is 10. The van der Waals surface area contributed by atoms with Crippen LogP contribution >= 0.6 is 24.0 Å². The Morgan fingerprint density at radius 3 is 2.70 bits per heavy atom. The first-order valence-corrected chi connectivity index (χ1v) is 9.45. The van der Waals surface area contributed by atoms with E-state index >= 15 is 0 Å². The van der Waals surface area contributed by atoms with E-state index in [0.29, 0.717) is 13.2 Å². The van der Waals surface area contributed by atoms with Gasteiger partial charge in [0.15, 0.2) is 5.96 Å². The molecule has 1 heterocycles. The first-order chi connectivity index (χ1) is 12.7. The second-order valence-electron chi connectivity index (χ2n) is 6.04. The van der Waals surface area contributed by atoms with E-state index < -0.39 is 0 Å². The molecule has 2 aromatic rings. The third kappa shape index (κ3) is 8.19. The lowest BCUT2D eigenvalue weighted by atomic mass is 10.2. The van der Waals surface area contributed by atoms with Crippen LogP contribution < -0.4 is 15.4 Å². The predicted octanol–water partition coefficient (Wildman–Crippen LogP) is 3.74. The van der Waals surface area contributed by atoms with Gasteiger partial charge in [-0.15, -0.1) is 24.0 Å². The third-order valence-corrected chi connectivity index (χ3v) is 4.07. The Hall–Kier alpha value is -1.77. The van der Waals surface area contributed by atoms with E-state index in [1.807, 2.05) is 44.4 Å². The molecule has 6 nitrogen and oxygen atoms in total. The molecule has 1 aromatic carbocycles. The van der Waals surface area contributed by atoms with Gasteiger partial charge in [0.1, 0.15) is 11.6 Å². The Morgan fingerprint density at radius 2 is 2.00 bits per heavy atom. The molecular weight excluding hydrogens is 453 g/mol. The van der Waals surface area contributed by atoms with E-state index in [0.717, 1.165) is 55.6 Å². The Balaban J connectivity index is 0.00000364. The number of halogens is 1. The van der Waals surface area contributed by atoms with Gasteiger partial charge in [-0.2, -0.15) is 0 Å². The summed E-state index contributed by atoms with van der Waals surface area (Å²) in [6, 6.07) is 8.06. The molecule has 0 saturated heterocycles. The normalized spacial score (nSPS) is 11.0. The summed E-state index contributed by atoms with van der Waals surface area (Å²) in [4.78, 5) is 8.94. The molecular formula is C20H32IN5O. The lowest BCUT2D eigenvalue weighted by molar-refractivity contribution is 0.336. The van der Waals surface area contributed by atoms with E-state index in [1.54, 1.807) is 0 Å². The highest BCUT2D eigenvalue weighted by Gasteiger charge is 2.03. The van der Waals surface area contributed by atoms with Gasteiger partial charge < -0.3 is 19.9 Å². The van der Waals surface area contributed by atoms with E-state index in [-0.39, 0.29) is 24.0 Å². The minimum Gasteiger partial charge on any atom is -0.494 e. The van der Waals surface area contributed by atoms with Crippen LogP contribution in [0.4, 0.5) is 0 Å². The average molecular weight is 485 g/mol. The zero-order chi connectivity index (χ0) is 18.6. The molecule has 0 spiro atoms. The molecule has 150 valence electrons. The van der Waals surface area contributed by atoms with Crippen molar-refractivity contribution in [2.24, 2.45) is 4.99 Å². The molecule has 2 rings (SSSR count). The maximum Gasteiger partial charge on any atom is 0.191 e. The average Bonchev–Trinajstić information content (AvgIpc) is 3.05. The van der Waals surface area contributed by atoms with Crippen LogP contribution in [-0.4, -0.2) is 35.2 Å². The van der Waals surface area contributed by atoms with E-state index in [2.05, 4.69) is 38.2 Å². The number of benzene rings is 1. The lowest BCUT2D eigenvalue weighted by Crippen LogP contribution is -2.37. The van der Waals surface area contributed by atoms with Crippen LogP contribution in [0.3, 0.4) is 0 Å². The van der Waals surface area contributed by atoms with Gasteiger partial charge in [-0.25, -0.2) is 9.98 Å². The number of hydrogen-bond acceptors (Lipinski definition) is 3. The molecule has 0 unspecified atom stereocenters. The first kappa shape index (κ1) is 23.3. The molecule has 0 aliphatic heterocycles. The van der Waals surface area contributed by atoms with Gasteiger partial charge >= 0.3 is 0 Å². The van der Waals surface area contributed by atoms with Crippen LogP contribution in [0.15, 0.2) is 41.7 Å². The summed E-state index contributed by atoms with van der Waals surface area (Å²) < 4.78 is 7.85. The minimum absolute atomic E-state index is 0. The lowest BCUT2D eigenvalue weighted by Gasteiger charge is -2.13. The fourth-order valence-electron chi connectivity index (χ4n) is 2.69. The summed E-state index contributed by atoms with van der Waals surface area (Å²) in [5, 5.41) is 6.71. The largest absolute Gasteiger partial charge is 0.494 e. The maximum absolute atomic E-state index is 5.67. The third-order valence-electron chi connectivity index (χ3n) is 4.07. The second kappa shape index (κ2) is 13.4. The van der Waals surface area contributed by atoms with Crippen molar-refractivity contribution in [3.05, 3.63) is 48.0 Å². The second-order valence-corrected chi connectivity index (χ2v) is 6.04. The van der Waals surface area contributed by atoms with Crippen molar-refractivity contribution in [3.63, 3.8) is 0 Å². The van der Waals surface area contributed by atoms with Crippen molar-refractivity contribution >= 4 is 29.9 Å². The number of aromatic nitrogens is 2. The van der Waals surface area contributed by atoms with Gasteiger partial charge in [-0.05, 0) is 39.7 Å². The van der Waals surface area contributed by atoms with Crippen molar-refractivity contribution in [1.29, 1.82) is 0 Å². The summed E-state index contributed by atoms with van der Waals surface area (Å²) >= 11 is 0. The molecule has 1 aromatic heterocycles. The number of nitrogens with zero attached hydrogens (tertiary/aromatic N) is 3. The van der Waals surface area contributed by atoms with Gasteiger partial charge in [0.05, 0.1) is 13.2 Å². The maximum atomic E-state index is 5.67. The standard InChI is InChI=1S/C20H31N5O.HI/c1-4-21-20(23-12-8-9-14-25-15-13-22-17(25)3)24-16-18-10-6-7-11-19(18)26-5-2;/h6-7,10-11,13,15H,4-5,8-9,12,14,16H2,1-3H3,(H2,21,23,24);1H. The highest BCUT2D eigenvalue weighted by molar-refractivity contribution is 14.0. The number of para-hydroxylation sites is 1. The van der Waals surface area contributed by atoms with Gasteiger partial charge in [0, 0.05) is 37.6 Å². The van der Waals surface area contributed by atoms with Gasteiger partial charge in [-0.3, -0.25) is 0 Å². The molecule has 0 atom stereocenters. The molecule has 7 heteroatoms. The number of aliphatic imine (C=N–C) groups is 1. The van der Waals surface area contributed by atoms with Gasteiger partial charge in [0.2, 0.25) is 0 Å². The molecule has 0 radical (unpaired) electrons. The quantitative estimate of drug-likeness (QED) is 0.233. The van der Waals surface area contributed by atoms with Gasteiger partial charge in [0.25, 0.3) is 0 Å². The number of imidazole rings is 1. The summed E-state index contributed by atoms with van der Waals surface area (Å²) in [6.45, 7) is 10.1. The van der Waals surface area contributed by atoms with Crippen molar-refractivity contribution in [2.75, 3.05) is 19.7 Å². The fraction of sp³-hybridized carbons (Fsp3) is 0.500. The van der Waals surface area contributed by atoms with Crippen LogP contribution in [0.2, 0.25) is 0 Å². The SMILES string of the molecule is CCNC(=NCc1ccccc1OCC)NCCCCn1ccnc1C.I. The number of hydrogen-bond donors (Lipinski definition) is 2. The van der Waals surface area contributed by atoms with Crippen LogP contribution in [-0.2, 0) is 13.1 Å². The Kier molecular flexibility index (Phi) is 11.6. The number of nitrogens with one attached hydrogen (secondary N) is 2. The Morgan fingerprint density at radius 1 is 1.19 bits per heavy atom. The Labute approximate surface area is 179 Å². The molecule has 2 N–H and O–H groups in total. The van der Waals surface area contributed by atoms with E-state index in [1.165, 1.54) is 0 Å². The van der Waals surface area contributed by atoms with Crippen molar-refractivity contribution in [1.82, 2.24) is 20.2 Å². The van der Waals surface area contributed by atoms with E-state index in [9.17, 15) is 0 Å². The smallest absolute Gasteiger partial charge is 0.191 e. The summed E-state index contributed by atoms with van der Waals surface area (Å²) in [5.74, 6) is 2.82. The molecule has 0 amide bonds. The van der Waals surface area contributed by atoms with Gasteiger partial charge in [-0.1, -0.05) is 18.2 Å². The molecule has 27 heavy (non-hydrogen) atoms. The highest BCUT2D eigenvalue weighted by Crippen LogP contribution is 2.18. The first-order valence-electron chi connectivity index (χ1n) is 9.45. The van der Waals surface area contributed by atoms with Crippen molar-refractivity contribution < 1.29 is 4.74 Å². The minimum atomic E-state index is 0. The fourth-order valence-corrected chi connectivity index (χ4v) is 2.69. The van der Waals surface area contributed by atoms with Crippen LogP contribution in [0, 0.1) is 6.92 Å². The molecule has 0 bridgehead atoms. The van der Waals surface area contributed by atoms with Crippen LogP contribution in [0.1, 0.15) is 38.1 Å². The van der Waals surface area contributed by atoms with Crippen molar-refractivity contribution in [2.45, 2.75) is 46.7 Å². The number of aryl methyl sites for hydroxylation is 2. The van der Waals surface area contributed by atoms with E-state index in [4.69, 9.17) is 4.74 Å². The van der Waals surface area contributed by atoms with Crippen LogP contribution in [0.25, 0.3) is 0 Å². The molecule has 0 fully saturated rings. The molecule has 0 saturated carbocycles. The zero-order valence-electron chi connectivity index (χ0n) is 16.6. The highest BCUT2D eigenvalue weighted by atomic mass is 127. The van der Waals surface area contributed by atoms with Crippen molar-refractivity contribution in [3.8, 4) is 5.75 Å². The number of unbranched alkanes of at least 4 members (excludes halogenated alkanes) is 1. The topological polar surface area (TPSA) is 63.5 Å². The summed E-state index contributed by atoms with van der Waals surface area (Å²) in [6.07, 6.45) is 6.07. The number of guanidine groups is 1.